The van der Waals surface area contributed by atoms with Crippen molar-refractivity contribution in [2.75, 3.05) is 57.3 Å². The highest BCUT2D eigenvalue weighted by Crippen LogP contribution is 2.17. The van der Waals surface area contributed by atoms with Crippen LogP contribution in [0.15, 0.2) is 25.0 Å². The maximum Gasteiger partial charge on any atom is 0.303 e. The van der Waals surface area contributed by atoms with Crippen LogP contribution in [-0.4, -0.2) is 308 Å². The van der Waals surface area contributed by atoms with Gasteiger partial charge in [-0.25, -0.2) is 9.97 Å². The molecule has 16 atom stereocenters. The number of hydrogen-bond donors (Lipinski definition) is 28. The summed E-state index contributed by atoms with van der Waals surface area (Å²) in [6.07, 6.45) is 4.89. The van der Waals surface area contributed by atoms with E-state index in [9.17, 15) is 111 Å². The van der Waals surface area contributed by atoms with E-state index in [2.05, 4.69) is 116 Å². The van der Waals surface area contributed by atoms with E-state index < -0.39 is 271 Å². The van der Waals surface area contributed by atoms with E-state index in [0.29, 0.717) is 12.8 Å². The van der Waals surface area contributed by atoms with Gasteiger partial charge in [-0.2, -0.15) is 23.5 Å². The van der Waals surface area contributed by atoms with Gasteiger partial charge in [0, 0.05) is 69.5 Å². The minimum Gasteiger partial charge on any atom is -0.481 e. The van der Waals surface area contributed by atoms with E-state index in [1.54, 1.807) is 67.9 Å². The second-order valence-electron chi connectivity index (χ2n) is 35.5. The summed E-state index contributed by atoms with van der Waals surface area (Å²) >= 11 is 2.52. The molecule has 0 spiro atoms. The van der Waals surface area contributed by atoms with Crippen molar-refractivity contribution in [3.05, 3.63) is 36.4 Å². The van der Waals surface area contributed by atoms with Crippen LogP contribution >= 0.6 is 23.5 Å². The number of aliphatic hydroxyl groups is 1. The number of guanidine groups is 1. The third-order valence-electron chi connectivity index (χ3n) is 21.6. The predicted octanol–water partition coefficient (Wildman–Crippen LogP) is -6.95. The fourth-order valence-corrected chi connectivity index (χ4v) is 14.8. The number of hydrogen-bond acceptors (Lipinski definition) is 28. The zero-order valence-electron chi connectivity index (χ0n) is 81.8. The molecule has 0 aliphatic rings. The third-order valence-corrected chi connectivity index (χ3v) is 22.9. The Labute approximate surface area is 821 Å². The van der Waals surface area contributed by atoms with Gasteiger partial charge in [0.05, 0.1) is 38.6 Å². The third kappa shape index (κ3) is 49.1. The van der Waals surface area contributed by atoms with Crippen LogP contribution in [-0.2, 0) is 114 Å². The van der Waals surface area contributed by atoms with Crippen molar-refractivity contribution in [3.63, 3.8) is 0 Å². The van der Waals surface area contributed by atoms with E-state index in [-0.39, 0.29) is 144 Å². The Morgan fingerprint density at radius 3 is 1.11 bits per heavy atom. The van der Waals surface area contributed by atoms with Crippen LogP contribution in [0.1, 0.15) is 196 Å². The Bertz CT molecular complexity index is 4420. The van der Waals surface area contributed by atoms with E-state index in [4.69, 9.17) is 34.1 Å². The number of carboxylic acid groups (broad SMARTS) is 1. The van der Waals surface area contributed by atoms with Gasteiger partial charge < -0.3 is 145 Å². The number of aliphatic carboxylic acids is 1. The molecule has 0 saturated carbocycles. The summed E-state index contributed by atoms with van der Waals surface area (Å²) in [5, 5.41) is 73.1. The molecule has 0 aliphatic carbocycles. The number of nitrogens with two attached hydrogens (primary N) is 5. The van der Waals surface area contributed by atoms with Crippen molar-refractivity contribution in [2.24, 2.45) is 58.3 Å². The molecule has 0 saturated heterocycles. The predicted molar refractivity (Wildman–Crippen MR) is 516 cm³/mol. The lowest BCUT2D eigenvalue weighted by molar-refractivity contribution is -0.139. The number of likely N-dealkylation sites (N-methyl/N-ethyl adjacent to an activating group) is 1. The molecule has 140 heavy (non-hydrogen) atoms. The number of carboxylic acids is 1. The molecule has 16 unspecified atom stereocenters. The number of thioether (sulfide) groups is 2. The van der Waals surface area contributed by atoms with Crippen molar-refractivity contribution < 1.29 is 111 Å². The molecule has 786 valence electrons. The highest BCUT2D eigenvalue weighted by atomic mass is 32.2. The number of nitrogens with one attached hydrogen (secondary N) is 21. The fourth-order valence-electron chi connectivity index (χ4n) is 13.9. The second-order valence-corrected chi connectivity index (χ2v) is 37.5. The number of amides is 20. The van der Waals surface area contributed by atoms with Crippen LogP contribution in [0.3, 0.4) is 0 Å². The quantitative estimate of drug-likeness (QED) is 0.0166. The average Bonchev–Trinajstić information content (AvgIpc) is 1.72. The first-order chi connectivity index (χ1) is 66.0. The molecular weight excluding hydrogens is 1870 g/mol. The fraction of sp³-hybridized carbons (Fsp3) is 0.678. The van der Waals surface area contributed by atoms with Crippen LogP contribution in [0.5, 0.6) is 0 Å². The smallest absolute Gasteiger partial charge is 0.303 e. The van der Waals surface area contributed by atoms with Gasteiger partial charge in [-0.1, -0.05) is 75.7 Å². The van der Waals surface area contributed by atoms with Crippen LogP contribution < -0.4 is 124 Å². The van der Waals surface area contributed by atoms with Gasteiger partial charge in [0.2, 0.25) is 118 Å². The van der Waals surface area contributed by atoms with Gasteiger partial charge in [-0.05, 0) is 137 Å². The minimum absolute atomic E-state index is 0.0305. The molecule has 33 N–H and O–H groups in total. The van der Waals surface area contributed by atoms with E-state index in [0.717, 1.165) is 0 Å². The van der Waals surface area contributed by atoms with E-state index in [1.807, 2.05) is 13.8 Å². The number of aliphatic hydroxyl groups excluding tert-OH is 1. The van der Waals surface area contributed by atoms with Crippen molar-refractivity contribution in [1.29, 1.82) is 5.41 Å². The van der Waals surface area contributed by atoms with Gasteiger partial charge in [-0.15, -0.1) is 0 Å². The number of aromatic amines is 2. The summed E-state index contributed by atoms with van der Waals surface area (Å²) in [5.74, 6) is -22.3. The molecule has 0 bridgehead atoms. The zero-order valence-corrected chi connectivity index (χ0v) is 83.4. The summed E-state index contributed by atoms with van der Waals surface area (Å²) in [5.41, 5.74) is 28.4. The molecular formula is C87H148N28O23S2. The number of carbonyl (C=O) groups excluding carboxylic acids is 20. The minimum atomic E-state index is -1.97. The maximum absolute atomic E-state index is 14.8. The molecule has 2 aromatic heterocycles. The first-order valence-electron chi connectivity index (χ1n) is 46.4. The lowest BCUT2D eigenvalue weighted by atomic mass is 10.0. The molecule has 0 aliphatic heterocycles. The number of H-pyrrole nitrogens is 2. The van der Waals surface area contributed by atoms with Crippen LogP contribution in [0.2, 0.25) is 0 Å². The molecule has 2 rings (SSSR count). The number of nitrogens with zero attached hydrogens (tertiary/aromatic N) is 2. The zero-order chi connectivity index (χ0) is 106. The Kier molecular flexibility index (Phi) is 58.0. The molecule has 53 heteroatoms. The maximum atomic E-state index is 14.8. The first-order valence-corrected chi connectivity index (χ1v) is 49.2. The molecule has 0 aromatic carbocycles. The average molecular weight is 2020 g/mol. The van der Waals surface area contributed by atoms with Gasteiger partial charge in [0.1, 0.15) is 90.6 Å². The SMILES string of the molecule is CCC(C)CC(=O)NC(CCC(N)=O)C(=O)NC(CC(C)C)C(=O)NC(CCSC)C(=O)NC(Cc1cnc[nH]1)C(=O)NC(CC(N)=O)C(=O)NC(CC(C)C)C(=O)NCC(=O)NC(CCCCN)C(=O)NC(Cc1cnc[nH]1)C(=O)NC(CC(C)C)C(=O)NC(CC(N)=O)C(=O)NC(CO)C(=O)NC(CCSC)C(=O)NC(CCC(=O)O)C(=O)NC(CCCNC(=N)N)C(=O)NC(C(=O)NC)C(C)C. The normalized spacial score (nSPS) is 14.6. The number of aromatic nitrogens is 4. The molecule has 0 fully saturated rings. The largest absolute Gasteiger partial charge is 0.481 e. The summed E-state index contributed by atoms with van der Waals surface area (Å²) in [6, 6.07) is -23.4. The molecule has 2 aromatic rings. The molecule has 0 radical (unpaired) electrons. The highest BCUT2D eigenvalue weighted by Gasteiger charge is 2.40. The highest BCUT2D eigenvalue weighted by molar-refractivity contribution is 7.98. The van der Waals surface area contributed by atoms with Crippen molar-refractivity contribution in [1.82, 2.24) is 116 Å². The van der Waals surface area contributed by atoms with Crippen molar-refractivity contribution in [2.45, 2.75) is 288 Å². The molecule has 51 nitrogen and oxygen atoms in total. The van der Waals surface area contributed by atoms with Gasteiger partial charge in [-0.3, -0.25) is 106 Å². The number of imidazole rings is 2. The number of unbranched alkanes of at least 4 members (excludes halogenated alkanes) is 1. The summed E-state index contributed by atoms with van der Waals surface area (Å²) in [7, 11) is 1.35. The number of rotatable bonds is 71. The Morgan fingerprint density at radius 1 is 0.393 bits per heavy atom. The van der Waals surface area contributed by atoms with E-state index in [1.165, 1.54) is 55.6 Å². The molecule has 20 amide bonds. The summed E-state index contributed by atoms with van der Waals surface area (Å²) < 4.78 is 0. The van der Waals surface area contributed by atoms with Crippen LogP contribution in [0, 0.1) is 35.0 Å². The van der Waals surface area contributed by atoms with Gasteiger partial charge in [0.25, 0.3) is 0 Å². The lowest BCUT2D eigenvalue weighted by Gasteiger charge is -2.28. The van der Waals surface area contributed by atoms with Crippen LogP contribution in [0.4, 0.5) is 0 Å². The summed E-state index contributed by atoms with van der Waals surface area (Å²) in [4.78, 5) is 303. The first kappa shape index (κ1) is 123. The monoisotopic (exact) mass is 2020 g/mol. The van der Waals surface area contributed by atoms with Crippen molar-refractivity contribution in [3.8, 4) is 0 Å². The van der Waals surface area contributed by atoms with E-state index >= 15 is 0 Å². The standard InChI is InChI=1S/C87H148N28O23S2/c1-14-48(10)33-68(120)101-53(20-22-65(89)117)74(126)108-58(31-45(4)5)79(131)105-56(25-29-140-13)77(129)111-61(35-50-39-96-43-100-50)82(134)113-62(36-66(90)118)83(135)107-57(30-44(2)3)72(124)98-40-69(121)102-51(18-15-16-26-88)73(125)110-60(34-49-38-95-42-99-49)81(133)109-59(32-46(6)7)80(132)112-63(37-67(91)119)84(136)114-64(41-116)85(137)106-55(24-28-139-12)76(128)104-54(21-23-70(122)123)75(127)103-52(19-17-27-97-87(92)93)78(130)115-71(47(8)9)86(138)94-11/h38-39,42-48,51-64,71,116H,14-37,40-41,88H2,1-13H3,(H2,89,117)(H2,90,118)(H2,91,119)(H,94,138)(H,95,99)(H,96,100)(H,98,124)(H,101,120)(H,102,121)(H,103,127)(H,104,128)(H,105,131)(H,106,137)(H,107,135)(H,108,126)(H,109,133)(H,110,125)(H,111,129)(H,112,132)(H,113,134)(H,114,136)(H,115,130)(H,122,123)(H4,92,93,97). The molecule has 2 heterocycles. The van der Waals surface area contributed by atoms with Crippen molar-refractivity contribution >= 4 is 154 Å². The number of primary amides is 3. The second kappa shape index (κ2) is 65.9. The Balaban J connectivity index is 2.50. The van der Waals surface area contributed by atoms with Gasteiger partial charge >= 0.3 is 5.97 Å². The summed E-state index contributed by atoms with van der Waals surface area (Å²) in [6.45, 7) is 15.4. The Hall–Kier alpha value is -12.8. The Morgan fingerprint density at radius 2 is 0.736 bits per heavy atom. The van der Waals surface area contributed by atoms with Gasteiger partial charge in [0.15, 0.2) is 5.96 Å². The lowest BCUT2D eigenvalue weighted by Crippen LogP contribution is -2.61. The van der Waals surface area contributed by atoms with Crippen LogP contribution in [0.25, 0.3) is 0 Å². The number of carbonyl (C=O) groups is 21. The topological polar surface area (TPSA) is 827 Å².